The molecule has 82 valence electrons. The third-order valence-electron chi connectivity index (χ3n) is 3.16. The molecule has 1 saturated carbocycles. The summed E-state index contributed by atoms with van der Waals surface area (Å²) in [5.74, 6) is 1.20. The molecule has 0 amide bonds. The molecule has 0 bridgehead atoms. The molecule has 2 fully saturated rings. The number of hydrogen-bond donors (Lipinski definition) is 1. The van der Waals surface area contributed by atoms with Crippen molar-refractivity contribution < 1.29 is 13.5 Å². The Labute approximate surface area is 84.8 Å². The van der Waals surface area contributed by atoms with Gasteiger partial charge in [-0.05, 0) is 18.8 Å². The maximum atomic E-state index is 11.2. The van der Waals surface area contributed by atoms with Crippen LogP contribution in [0.15, 0.2) is 0 Å². The lowest BCUT2D eigenvalue weighted by Gasteiger charge is -2.37. The van der Waals surface area contributed by atoms with Crippen molar-refractivity contribution in [2.75, 3.05) is 31.1 Å². The van der Waals surface area contributed by atoms with Crippen LogP contribution in [0.25, 0.3) is 0 Å². The van der Waals surface area contributed by atoms with E-state index in [0.717, 1.165) is 19.4 Å². The van der Waals surface area contributed by atoms with Gasteiger partial charge in [-0.15, -0.1) is 0 Å². The highest BCUT2D eigenvalue weighted by molar-refractivity contribution is 7.91. The molecule has 1 N–H and O–H groups in total. The van der Waals surface area contributed by atoms with Gasteiger partial charge >= 0.3 is 0 Å². The van der Waals surface area contributed by atoms with Crippen LogP contribution in [0.2, 0.25) is 0 Å². The molecule has 1 aliphatic heterocycles. The van der Waals surface area contributed by atoms with Crippen molar-refractivity contribution in [2.45, 2.75) is 18.9 Å². The number of hydrogen-bond acceptors (Lipinski definition) is 4. The fraction of sp³-hybridized carbons (Fsp3) is 1.00. The largest absolute Gasteiger partial charge is 0.393 e. The molecular formula is C9H17NO3S. The summed E-state index contributed by atoms with van der Waals surface area (Å²) in [4.78, 5) is 2.21. The predicted molar refractivity (Wildman–Crippen MR) is 53.8 cm³/mol. The van der Waals surface area contributed by atoms with Crippen LogP contribution >= 0.6 is 0 Å². The molecule has 0 aromatic rings. The summed E-state index contributed by atoms with van der Waals surface area (Å²) in [6, 6.07) is 0. The monoisotopic (exact) mass is 219 g/mol. The van der Waals surface area contributed by atoms with Crippen molar-refractivity contribution in [3.05, 3.63) is 0 Å². The minimum Gasteiger partial charge on any atom is -0.393 e. The maximum absolute atomic E-state index is 11.2. The van der Waals surface area contributed by atoms with Gasteiger partial charge in [0.2, 0.25) is 0 Å². The highest BCUT2D eigenvalue weighted by Crippen LogP contribution is 2.28. The van der Waals surface area contributed by atoms with E-state index in [1.807, 2.05) is 0 Å². The number of sulfone groups is 1. The van der Waals surface area contributed by atoms with Gasteiger partial charge in [0.25, 0.3) is 0 Å². The highest BCUT2D eigenvalue weighted by atomic mass is 32.2. The fourth-order valence-electron chi connectivity index (χ4n) is 2.15. The molecule has 5 heteroatoms. The van der Waals surface area contributed by atoms with E-state index in [1.165, 1.54) is 0 Å². The smallest absolute Gasteiger partial charge is 0.152 e. The Kier molecular flexibility index (Phi) is 2.81. The molecule has 2 rings (SSSR count). The molecule has 1 aliphatic carbocycles. The van der Waals surface area contributed by atoms with E-state index in [2.05, 4.69) is 4.90 Å². The molecule has 4 nitrogen and oxygen atoms in total. The number of aliphatic hydroxyl groups excluding tert-OH is 1. The quantitative estimate of drug-likeness (QED) is 0.679. The predicted octanol–water partition coefficient (Wildman–Crippen LogP) is -0.512. The van der Waals surface area contributed by atoms with Crippen molar-refractivity contribution in [1.29, 1.82) is 0 Å². The Balaban J connectivity index is 1.74. The molecule has 0 unspecified atom stereocenters. The van der Waals surface area contributed by atoms with Crippen molar-refractivity contribution in [3.8, 4) is 0 Å². The van der Waals surface area contributed by atoms with Crippen LogP contribution in [0.3, 0.4) is 0 Å². The first kappa shape index (κ1) is 10.4. The Morgan fingerprint density at radius 2 is 1.79 bits per heavy atom. The van der Waals surface area contributed by atoms with E-state index in [9.17, 15) is 8.42 Å². The van der Waals surface area contributed by atoms with Gasteiger partial charge in [-0.25, -0.2) is 8.42 Å². The Bertz CT molecular complexity index is 281. The van der Waals surface area contributed by atoms with Crippen LogP contribution in [0.4, 0.5) is 0 Å². The summed E-state index contributed by atoms with van der Waals surface area (Å²) in [5, 5.41) is 9.12. The van der Waals surface area contributed by atoms with Gasteiger partial charge in [-0.2, -0.15) is 0 Å². The summed E-state index contributed by atoms with van der Waals surface area (Å²) in [7, 11) is -2.74. The molecular weight excluding hydrogens is 202 g/mol. The second-order valence-electron chi connectivity index (χ2n) is 4.44. The second kappa shape index (κ2) is 3.79. The normalized spacial score (nSPS) is 37.8. The summed E-state index contributed by atoms with van der Waals surface area (Å²) in [6.45, 7) is 2.32. The van der Waals surface area contributed by atoms with Crippen LogP contribution in [0, 0.1) is 5.92 Å². The molecule has 1 heterocycles. The van der Waals surface area contributed by atoms with Gasteiger partial charge in [0, 0.05) is 19.6 Å². The highest BCUT2D eigenvalue weighted by Gasteiger charge is 2.30. The van der Waals surface area contributed by atoms with E-state index in [1.54, 1.807) is 0 Å². The van der Waals surface area contributed by atoms with Gasteiger partial charge in [0.15, 0.2) is 9.84 Å². The van der Waals surface area contributed by atoms with E-state index in [4.69, 9.17) is 5.11 Å². The van der Waals surface area contributed by atoms with E-state index >= 15 is 0 Å². The standard InChI is InChI=1S/C9H17NO3S/c11-9-5-8(6-9)7-10-1-3-14(12,13)4-2-10/h8-9,11H,1-7H2. The zero-order valence-corrected chi connectivity index (χ0v) is 9.04. The third-order valence-corrected chi connectivity index (χ3v) is 4.77. The van der Waals surface area contributed by atoms with Crippen molar-refractivity contribution >= 4 is 9.84 Å². The zero-order valence-electron chi connectivity index (χ0n) is 8.22. The Morgan fingerprint density at radius 1 is 1.21 bits per heavy atom. The molecule has 0 spiro atoms. The van der Waals surface area contributed by atoms with Crippen LogP contribution in [0.5, 0.6) is 0 Å². The molecule has 2 aliphatic rings. The minimum absolute atomic E-state index is 0.103. The van der Waals surface area contributed by atoms with Crippen LogP contribution < -0.4 is 0 Å². The summed E-state index contributed by atoms with van der Waals surface area (Å²) < 4.78 is 22.3. The second-order valence-corrected chi connectivity index (χ2v) is 6.75. The number of rotatable bonds is 2. The Morgan fingerprint density at radius 3 is 2.29 bits per heavy atom. The summed E-state index contributed by atoms with van der Waals surface area (Å²) in [6.07, 6.45) is 1.68. The van der Waals surface area contributed by atoms with Crippen molar-refractivity contribution in [1.82, 2.24) is 4.90 Å². The average molecular weight is 219 g/mol. The number of nitrogens with zero attached hydrogens (tertiary/aromatic N) is 1. The minimum atomic E-state index is -2.74. The molecule has 1 saturated heterocycles. The van der Waals surface area contributed by atoms with E-state index in [-0.39, 0.29) is 6.10 Å². The van der Waals surface area contributed by atoms with Gasteiger partial charge in [0.05, 0.1) is 17.6 Å². The third kappa shape index (κ3) is 2.46. The van der Waals surface area contributed by atoms with Gasteiger partial charge in [-0.1, -0.05) is 0 Å². The first-order chi connectivity index (χ1) is 6.55. The molecule has 0 atom stereocenters. The molecule has 14 heavy (non-hydrogen) atoms. The van der Waals surface area contributed by atoms with Gasteiger partial charge in [-0.3, -0.25) is 0 Å². The van der Waals surface area contributed by atoms with Crippen LogP contribution in [-0.4, -0.2) is 55.7 Å². The molecule has 0 aromatic carbocycles. The number of aliphatic hydroxyl groups is 1. The van der Waals surface area contributed by atoms with Gasteiger partial charge in [0.1, 0.15) is 0 Å². The molecule has 0 radical (unpaired) electrons. The lowest BCUT2D eigenvalue weighted by atomic mass is 9.82. The summed E-state index contributed by atoms with van der Waals surface area (Å²) >= 11 is 0. The Hall–Kier alpha value is -0.130. The molecule has 0 aromatic heterocycles. The zero-order chi connectivity index (χ0) is 10.2. The van der Waals surface area contributed by atoms with E-state index < -0.39 is 9.84 Å². The topological polar surface area (TPSA) is 57.6 Å². The maximum Gasteiger partial charge on any atom is 0.152 e. The lowest BCUT2D eigenvalue weighted by Crippen LogP contribution is -2.45. The average Bonchev–Trinajstić information content (AvgIpc) is 2.06. The van der Waals surface area contributed by atoms with Gasteiger partial charge < -0.3 is 10.0 Å². The van der Waals surface area contributed by atoms with Crippen LogP contribution in [0.1, 0.15) is 12.8 Å². The van der Waals surface area contributed by atoms with E-state index in [0.29, 0.717) is 30.5 Å². The lowest BCUT2D eigenvalue weighted by molar-refractivity contribution is 0.0258. The SMILES string of the molecule is O=S1(=O)CCN(CC2CC(O)C2)CC1. The first-order valence-corrected chi connectivity index (χ1v) is 6.98. The van der Waals surface area contributed by atoms with Crippen molar-refractivity contribution in [3.63, 3.8) is 0 Å². The first-order valence-electron chi connectivity index (χ1n) is 5.16. The summed E-state index contributed by atoms with van der Waals surface area (Å²) in [5.41, 5.74) is 0. The fourth-order valence-corrected chi connectivity index (χ4v) is 3.42. The van der Waals surface area contributed by atoms with Crippen LogP contribution in [-0.2, 0) is 9.84 Å². The van der Waals surface area contributed by atoms with Crippen molar-refractivity contribution in [2.24, 2.45) is 5.92 Å².